The summed E-state index contributed by atoms with van der Waals surface area (Å²) in [4.78, 5) is 21.8. The van der Waals surface area contributed by atoms with Crippen LogP contribution in [0.25, 0.3) is 0 Å². The molecule has 0 heterocycles. The molecule has 0 aliphatic heterocycles. The van der Waals surface area contributed by atoms with E-state index >= 15 is 0 Å². The van der Waals surface area contributed by atoms with Crippen LogP contribution in [0.2, 0.25) is 0 Å². The monoisotopic (exact) mass is 218 g/mol. The topological polar surface area (TPSA) is 72.8 Å². The molecule has 0 rings (SSSR count). The number of carbonyl (C=O) groups is 2. The van der Waals surface area contributed by atoms with Gasteiger partial charge in [0.2, 0.25) is 0 Å². The van der Waals surface area contributed by atoms with Gasteiger partial charge >= 0.3 is 11.9 Å². The zero-order valence-electron chi connectivity index (χ0n) is 9.19. The molecule has 0 amide bonds. The fourth-order valence-electron chi connectivity index (χ4n) is 1.10. The number of carboxylic acids is 1. The minimum Gasteiger partial charge on any atom is -0.481 e. The molecule has 0 aromatic rings. The standard InChI is InChI=1S/C10H18O5/c1-3-14-6-5-8(10(12)13)7-9(11)15-4-2/h8H,3-7H2,1-2H3,(H,12,13). The zero-order chi connectivity index (χ0) is 11.7. The number of esters is 1. The summed E-state index contributed by atoms with van der Waals surface area (Å²) in [7, 11) is 0. The highest BCUT2D eigenvalue weighted by molar-refractivity contribution is 5.78. The molecule has 5 nitrogen and oxygen atoms in total. The van der Waals surface area contributed by atoms with Gasteiger partial charge in [0.05, 0.1) is 18.9 Å². The van der Waals surface area contributed by atoms with E-state index in [1.54, 1.807) is 6.92 Å². The maximum absolute atomic E-state index is 11.1. The second-order valence-electron chi connectivity index (χ2n) is 3.03. The number of hydrogen-bond donors (Lipinski definition) is 1. The number of carboxylic acid groups (broad SMARTS) is 1. The maximum Gasteiger partial charge on any atom is 0.307 e. The molecule has 0 spiro atoms. The van der Waals surface area contributed by atoms with Crippen molar-refractivity contribution in [2.24, 2.45) is 5.92 Å². The van der Waals surface area contributed by atoms with Crippen LogP contribution in [0.15, 0.2) is 0 Å². The molecular formula is C10H18O5. The smallest absolute Gasteiger partial charge is 0.307 e. The molecule has 1 N–H and O–H groups in total. The lowest BCUT2D eigenvalue weighted by atomic mass is 10.0. The van der Waals surface area contributed by atoms with Crippen molar-refractivity contribution in [3.63, 3.8) is 0 Å². The Labute approximate surface area is 89.4 Å². The Morgan fingerprint density at radius 3 is 2.40 bits per heavy atom. The summed E-state index contributed by atoms with van der Waals surface area (Å²) >= 11 is 0. The van der Waals surface area contributed by atoms with E-state index in [0.29, 0.717) is 19.6 Å². The van der Waals surface area contributed by atoms with Gasteiger partial charge in [-0.05, 0) is 20.3 Å². The van der Waals surface area contributed by atoms with Gasteiger partial charge in [-0.2, -0.15) is 0 Å². The molecule has 1 unspecified atom stereocenters. The minimum atomic E-state index is -0.984. The first-order valence-electron chi connectivity index (χ1n) is 5.07. The third-order valence-electron chi connectivity index (χ3n) is 1.88. The van der Waals surface area contributed by atoms with Crippen LogP contribution in [0.4, 0.5) is 0 Å². The van der Waals surface area contributed by atoms with Crippen molar-refractivity contribution in [3.8, 4) is 0 Å². The van der Waals surface area contributed by atoms with Crippen molar-refractivity contribution in [1.82, 2.24) is 0 Å². The van der Waals surface area contributed by atoms with E-state index < -0.39 is 17.9 Å². The fourth-order valence-corrected chi connectivity index (χ4v) is 1.10. The van der Waals surface area contributed by atoms with Crippen LogP contribution >= 0.6 is 0 Å². The number of ether oxygens (including phenoxy) is 2. The first-order valence-corrected chi connectivity index (χ1v) is 5.07. The van der Waals surface area contributed by atoms with E-state index in [1.807, 2.05) is 6.92 Å². The Kier molecular flexibility index (Phi) is 7.62. The van der Waals surface area contributed by atoms with Crippen molar-refractivity contribution in [3.05, 3.63) is 0 Å². The second-order valence-corrected chi connectivity index (χ2v) is 3.03. The zero-order valence-corrected chi connectivity index (χ0v) is 9.19. The van der Waals surface area contributed by atoms with Crippen LogP contribution in [0.3, 0.4) is 0 Å². The third kappa shape index (κ3) is 6.90. The molecule has 0 radical (unpaired) electrons. The first-order chi connectivity index (χ1) is 7.11. The maximum atomic E-state index is 11.1. The van der Waals surface area contributed by atoms with Crippen molar-refractivity contribution >= 4 is 11.9 Å². The molecule has 15 heavy (non-hydrogen) atoms. The molecule has 0 saturated heterocycles. The summed E-state index contributed by atoms with van der Waals surface area (Å²) in [5.74, 6) is -2.17. The van der Waals surface area contributed by atoms with E-state index in [1.165, 1.54) is 0 Å². The summed E-state index contributed by atoms with van der Waals surface area (Å²) in [6, 6.07) is 0. The van der Waals surface area contributed by atoms with Crippen molar-refractivity contribution < 1.29 is 24.2 Å². The molecule has 0 fully saturated rings. The molecule has 0 saturated carbocycles. The van der Waals surface area contributed by atoms with Gasteiger partial charge < -0.3 is 14.6 Å². The molecule has 0 aromatic heterocycles. The average molecular weight is 218 g/mol. The van der Waals surface area contributed by atoms with Crippen molar-refractivity contribution in [1.29, 1.82) is 0 Å². The van der Waals surface area contributed by atoms with Crippen molar-refractivity contribution in [2.75, 3.05) is 19.8 Å². The Balaban J connectivity index is 3.93. The van der Waals surface area contributed by atoms with Gasteiger partial charge in [0.25, 0.3) is 0 Å². The number of hydrogen-bond acceptors (Lipinski definition) is 4. The van der Waals surface area contributed by atoms with Crippen LogP contribution < -0.4 is 0 Å². The highest BCUT2D eigenvalue weighted by atomic mass is 16.5. The Morgan fingerprint density at radius 2 is 1.93 bits per heavy atom. The quantitative estimate of drug-likeness (QED) is 0.487. The summed E-state index contributed by atoms with van der Waals surface area (Å²) in [5.41, 5.74) is 0. The van der Waals surface area contributed by atoms with Gasteiger partial charge in [-0.15, -0.1) is 0 Å². The lowest BCUT2D eigenvalue weighted by Gasteiger charge is -2.11. The predicted octanol–water partition coefficient (Wildman–Crippen LogP) is 1.07. The third-order valence-corrected chi connectivity index (χ3v) is 1.88. The number of rotatable bonds is 8. The van der Waals surface area contributed by atoms with E-state index in [9.17, 15) is 9.59 Å². The van der Waals surface area contributed by atoms with Gasteiger partial charge in [-0.1, -0.05) is 0 Å². The molecule has 0 aromatic carbocycles. The molecule has 0 aliphatic carbocycles. The van der Waals surface area contributed by atoms with Gasteiger partial charge in [-0.25, -0.2) is 0 Å². The molecule has 0 bridgehead atoms. The first kappa shape index (κ1) is 13.9. The Bertz CT molecular complexity index is 202. The Morgan fingerprint density at radius 1 is 1.27 bits per heavy atom. The van der Waals surface area contributed by atoms with E-state index in [0.717, 1.165) is 0 Å². The normalized spacial score (nSPS) is 12.1. The summed E-state index contributed by atoms with van der Waals surface area (Å²) < 4.78 is 9.73. The SMILES string of the molecule is CCOCCC(CC(=O)OCC)C(=O)O. The lowest BCUT2D eigenvalue weighted by molar-refractivity contribution is -0.151. The highest BCUT2D eigenvalue weighted by Gasteiger charge is 2.21. The molecule has 5 heteroatoms. The van der Waals surface area contributed by atoms with E-state index in [-0.39, 0.29) is 13.0 Å². The number of carbonyl (C=O) groups excluding carboxylic acids is 1. The van der Waals surface area contributed by atoms with Crippen LogP contribution in [0, 0.1) is 5.92 Å². The average Bonchev–Trinajstić information content (AvgIpc) is 2.16. The highest BCUT2D eigenvalue weighted by Crippen LogP contribution is 2.10. The van der Waals surface area contributed by atoms with E-state index in [2.05, 4.69) is 4.74 Å². The number of aliphatic carboxylic acids is 1. The fraction of sp³-hybridized carbons (Fsp3) is 0.800. The molecule has 0 aliphatic rings. The van der Waals surface area contributed by atoms with Crippen LogP contribution in [0.5, 0.6) is 0 Å². The van der Waals surface area contributed by atoms with Crippen molar-refractivity contribution in [2.45, 2.75) is 26.7 Å². The Hall–Kier alpha value is -1.10. The second kappa shape index (κ2) is 8.23. The van der Waals surface area contributed by atoms with Gasteiger partial charge in [0.15, 0.2) is 0 Å². The predicted molar refractivity (Wildman–Crippen MR) is 53.5 cm³/mol. The van der Waals surface area contributed by atoms with Crippen LogP contribution in [-0.4, -0.2) is 36.9 Å². The van der Waals surface area contributed by atoms with Gasteiger partial charge in [-0.3, -0.25) is 9.59 Å². The van der Waals surface area contributed by atoms with Gasteiger partial charge in [0, 0.05) is 13.2 Å². The van der Waals surface area contributed by atoms with Crippen LogP contribution in [-0.2, 0) is 19.1 Å². The lowest BCUT2D eigenvalue weighted by Crippen LogP contribution is -2.21. The molecule has 88 valence electrons. The molecular weight excluding hydrogens is 200 g/mol. The summed E-state index contributed by atoms with van der Waals surface area (Å²) in [6.07, 6.45) is 0.248. The molecule has 1 atom stereocenters. The minimum absolute atomic E-state index is 0.0871. The van der Waals surface area contributed by atoms with Gasteiger partial charge in [0.1, 0.15) is 0 Å². The largest absolute Gasteiger partial charge is 0.481 e. The summed E-state index contributed by atoms with van der Waals surface area (Å²) in [5, 5.41) is 8.83. The van der Waals surface area contributed by atoms with E-state index in [4.69, 9.17) is 9.84 Å². The summed E-state index contributed by atoms with van der Waals surface area (Å²) in [6.45, 7) is 4.70. The van der Waals surface area contributed by atoms with Crippen LogP contribution in [0.1, 0.15) is 26.7 Å².